The molecule has 2 nitrogen and oxygen atoms in total. The lowest BCUT2D eigenvalue weighted by atomic mass is 9.96. The van der Waals surface area contributed by atoms with Gasteiger partial charge in [0.1, 0.15) is 0 Å². The summed E-state index contributed by atoms with van der Waals surface area (Å²) in [6.07, 6.45) is 9.44. The van der Waals surface area contributed by atoms with Crippen LogP contribution >= 0.6 is 0 Å². The maximum atomic E-state index is 11.6. The lowest BCUT2D eigenvalue weighted by Crippen LogP contribution is -2.42. The van der Waals surface area contributed by atoms with E-state index in [-0.39, 0.29) is 0 Å². The van der Waals surface area contributed by atoms with E-state index < -0.39 is 10.8 Å². The van der Waals surface area contributed by atoms with Crippen LogP contribution in [0.1, 0.15) is 45.4 Å². The minimum absolute atomic E-state index is 0.384. The molecule has 0 aromatic rings. The minimum atomic E-state index is -0.665. The summed E-state index contributed by atoms with van der Waals surface area (Å²) in [7, 11) is -0.665. The number of hydrogen-bond acceptors (Lipinski definition) is 2. The minimum Gasteiger partial charge on any atom is -0.313 e. The first-order valence-corrected chi connectivity index (χ1v) is 7.43. The third kappa shape index (κ3) is 3.70. The molecule has 0 radical (unpaired) electrons. The van der Waals surface area contributed by atoms with Gasteiger partial charge in [-0.3, -0.25) is 4.21 Å². The van der Waals surface area contributed by atoms with Crippen molar-refractivity contribution < 1.29 is 4.21 Å². The molecule has 3 heteroatoms. The van der Waals surface area contributed by atoms with Crippen molar-refractivity contribution in [3.05, 3.63) is 0 Å². The van der Waals surface area contributed by atoms with Crippen molar-refractivity contribution in [1.29, 1.82) is 0 Å². The second-order valence-corrected chi connectivity index (χ2v) is 5.80. The van der Waals surface area contributed by atoms with Crippen LogP contribution in [-0.2, 0) is 10.8 Å². The predicted octanol–water partition coefficient (Wildman–Crippen LogP) is 2.07. The second kappa shape index (κ2) is 6.57. The molecule has 0 saturated heterocycles. The molecular formula is C11H23NOS. The molecule has 1 fully saturated rings. The average molecular weight is 217 g/mol. The second-order valence-electron chi connectivity index (χ2n) is 4.19. The van der Waals surface area contributed by atoms with Crippen LogP contribution < -0.4 is 5.32 Å². The van der Waals surface area contributed by atoms with Gasteiger partial charge in [-0.15, -0.1) is 0 Å². The van der Waals surface area contributed by atoms with Gasteiger partial charge >= 0.3 is 0 Å². The normalized spacial score (nSPS) is 31.9. The van der Waals surface area contributed by atoms with Gasteiger partial charge in [-0.1, -0.05) is 32.6 Å². The highest BCUT2D eigenvalue weighted by Gasteiger charge is 2.24. The zero-order valence-corrected chi connectivity index (χ0v) is 10.2. The van der Waals surface area contributed by atoms with E-state index in [1.807, 2.05) is 6.26 Å². The van der Waals surface area contributed by atoms with E-state index in [4.69, 9.17) is 0 Å². The Labute approximate surface area is 90.3 Å². The summed E-state index contributed by atoms with van der Waals surface area (Å²) in [6, 6.07) is 0.492. The highest BCUT2D eigenvalue weighted by Crippen LogP contribution is 2.21. The lowest BCUT2D eigenvalue weighted by molar-refractivity contribution is 0.401. The summed E-state index contributed by atoms with van der Waals surface area (Å²) in [5, 5.41) is 3.88. The Kier molecular flexibility index (Phi) is 5.71. The van der Waals surface area contributed by atoms with Gasteiger partial charge in [0.05, 0.1) is 0 Å². The van der Waals surface area contributed by atoms with Gasteiger partial charge in [-0.25, -0.2) is 0 Å². The predicted molar refractivity (Wildman–Crippen MR) is 63.0 cm³/mol. The van der Waals surface area contributed by atoms with Crippen molar-refractivity contribution in [1.82, 2.24) is 5.32 Å². The van der Waals surface area contributed by atoms with E-state index in [1.54, 1.807) is 0 Å². The van der Waals surface area contributed by atoms with Gasteiger partial charge in [0, 0.05) is 28.3 Å². The summed E-state index contributed by atoms with van der Waals surface area (Å²) in [6.45, 7) is 3.13. The first-order valence-electron chi connectivity index (χ1n) is 5.81. The summed E-state index contributed by atoms with van der Waals surface area (Å²) < 4.78 is 11.6. The molecule has 1 aliphatic rings. The van der Waals surface area contributed by atoms with Crippen LogP contribution in [0.15, 0.2) is 0 Å². The molecule has 0 aromatic carbocycles. The SMILES string of the molecule is CCNC1CCCCCCC1S(C)=O. The molecule has 1 N–H and O–H groups in total. The maximum Gasteiger partial charge on any atom is 0.0498 e. The van der Waals surface area contributed by atoms with Gasteiger partial charge in [0.2, 0.25) is 0 Å². The number of hydrogen-bond donors (Lipinski definition) is 1. The summed E-state index contributed by atoms with van der Waals surface area (Å²) in [5.41, 5.74) is 0. The van der Waals surface area contributed by atoms with Crippen LogP contribution in [0.25, 0.3) is 0 Å². The Morgan fingerprint density at radius 2 is 1.86 bits per heavy atom. The zero-order chi connectivity index (χ0) is 10.4. The topological polar surface area (TPSA) is 29.1 Å². The molecule has 0 aliphatic heterocycles. The Balaban J connectivity index is 2.55. The van der Waals surface area contributed by atoms with Crippen LogP contribution in [0.4, 0.5) is 0 Å². The van der Waals surface area contributed by atoms with Gasteiger partial charge in [0.15, 0.2) is 0 Å². The molecule has 3 unspecified atom stereocenters. The molecule has 84 valence electrons. The maximum absolute atomic E-state index is 11.6. The van der Waals surface area contributed by atoms with Gasteiger partial charge in [-0.2, -0.15) is 0 Å². The number of rotatable bonds is 3. The molecule has 0 bridgehead atoms. The fourth-order valence-corrected chi connectivity index (χ4v) is 3.54. The van der Waals surface area contributed by atoms with Crippen molar-refractivity contribution in [3.8, 4) is 0 Å². The van der Waals surface area contributed by atoms with Crippen LogP contribution in [-0.4, -0.2) is 28.3 Å². The van der Waals surface area contributed by atoms with Crippen LogP contribution in [0.5, 0.6) is 0 Å². The molecule has 14 heavy (non-hydrogen) atoms. The summed E-state index contributed by atoms with van der Waals surface area (Å²) >= 11 is 0. The first-order chi connectivity index (χ1) is 6.75. The van der Waals surface area contributed by atoms with Crippen molar-refractivity contribution in [2.45, 2.75) is 56.7 Å². The first kappa shape index (κ1) is 12.2. The summed E-state index contributed by atoms with van der Waals surface area (Å²) in [4.78, 5) is 0. The molecule has 0 amide bonds. The number of nitrogens with one attached hydrogen (secondary N) is 1. The standard InChI is InChI=1S/C11H23NOS/c1-3-12-10-8-6-4-5-7-9-11(10)14(2)13/h10-12H,3-9H2,1-2H3. The Bertz CT molecular complexity index is 184. The van der Waals surface area contributed by atoms with E-state index >= 15 is 0 Å². The van der Waals surface area contributed by atoms with Gasteiger partial charge in [0.25, 0.3) is 0 Å². The molecule has 0 spiro atoms. The molecule has 1 aliphatic carbocycles. The van der Waals surface area contributed by atoms with Crippen LogP contribution in [0.3, 0.4) is 0 Å². The fraction of sp³-hybridized carbons (Fsp3) is 1.00. The average Bonchev–Trinajstić information content (AvgIpc) is 2.09. The lowest BCUT2D eigenvalue weighted by Gasteiger charge is -2.28. The van der Waals surface area contributed by atoms with Crippen LogP contribution in [0, 0.1) is 0 Å². The third-order valence-electron chi connectivity index (χ3n) is 3.10. The van der Waals surface area contributed by atoms with Gasteiger partial charge < -0.3 is 5.32 Å². The van der Waals surface area contributed by atoms with Crippen molar-refractivity contribution in [2.75, 3.05) is 12.8 Å². The third-order valence-corrected chi connectivity index (χ3v) is 4.51. The van der Waals surface area contributed by atoms with E-state index in [2.05, 4.69) is 12.2 Å². The smallest absolute Gasteiger partial charge is 0.0498 e. The molecule has 1 rings (SSSR count). The molecule has 1 saturated carbocycles. The van der Waals surface area contributed by atoms with E-state index in [9.17, 15) is 4.21 Å². The zero-order valence-electron chi connectivity index (χ0n) is 9.42. The fourth-order valence-electron chi connectivity index (χ4n) is 2.34. The summed E-state index contributed by atoms with van der Waals surface area (Å²) in [5.74, 6) is 0. The highest BCUT2D eigenvalue weighted by atomic mass is 32.2. The Hall–Kier alpha value is 0.110. The molecular weight excluding hydrogens is 194 g/mol. The molecule has 0 aromatic heterocycles. The largest absolute Gasteiger partial charge is 0.313 e. The van der Waals surface area contributed by atoms with Crippen molar-refractivity contribution >= 4 is 10.8 Å². The Morgan fingerprint density at radius 3 is 2.43 bits per heavy atom. The molecule has 0 heterocycles. The molecule has 3 atom stereocenters. The Morgan fingerprint density at radius 1 is 1.21 bits per heavy atom. The monoisotopic (exact) mass is 217 g/mol. The van der Waals surface area contributed by atoms with E-state index in [0.29, 0.717) is 11.3 Å². The van der Waals surface area contributed by atoms with E-state index in [1.165, 1.54) is 32.1 Å². The highest BCUT2D eigenvalue weighted by molar-refractivity contribution is 7.85. The van der Waals surface area contributed by atoms with Crippen molar-refractivity contribution in [3.63, 3.8) is 0 Å². The van der Waals surface area contributed by atoms with Crippen molar-refractivity contribution in [2.24, 2.45) is 0 Å². The van der Waals surface area contributed by atoms with Gasteiger partial charge in [-0.05, 0) is 19.4 Å². The van der Waals surface area contributed by atoms with Crippen LogP contribution in [0.2, 0.25) is 0 Å². The quantitative estimate of drug-likeness (QED) is 0.784. The van der Waals surface area contributed by atoms with E-state index in [0.717, 1.165) is 13.0 Å².